The largest absolute Gasteiger partial charge is 0.107 e. The molecule has 0 nitrogen and oxygen atoms in total. The van der Waals surface area contributed by atoms with E-state index in [0.29, 0.717) is 0 Å². The van der Waals surface area contributed by atoms with Gasteiger partial charge in [-0.15, -0.1) is 25.0 Å². The normalized spacial score (nSPS) is 3.00. The molecule has 0 aliphatic carbocycles. The van der Waals surface area contributed by atoms with Crippen molar-refractivity contribution >= 4 is 0 Å². The molecule has 0 fully saturated rings. The molecule has 0 aromatic carbocycles. The van der Waals surface area contributed by atoms with Crippen LogP contribution in [-0.2, 0) is 0 Å². The molecule has 0 amide bonds. The third-order valence-electron chi connectivity index (χ3n) is 0.250. The summed E-state index contributed by atoms with van der Waals surface area (Å²) in [6.07, 6.45) is 0. The van der Waals surface area contributed by atoms with Crippen LogP contribution in [0.1, 0.15) is 55.4 Å². The summed E-state index contributed by atoms with van der Waals surface area (Å²) in [7, 11) is 0. The first-order valence-corrected chi connectivity index (χ1v) is 4.75. The smallest absolute Gasteiger partial charge is 0.00271 e. The molecule has 0 aromatic rings. The zero-order valence-corrected chi connectivity index (χ0v) is 10.4. The van der Waals surface area contributed by atoms with Crippen LogP contribution in [0.2, 0.25) is 0 Å². The predicted molar refractivity (Wildman–Crippen MR) is 64.4 cm³/mol. The van der Waals surface area contributed by atoms with Gasteiger partial charge in [0.15, 0.2) is 0 Å². The van der Waals surface area contributed by atoms with Crippen LogP contribution in [0.15, 0.2) is 13.2 Å². The van der Waals surface area contributed by atoms with Crippen molar-refractivity contribution in [3.63, 3.8) is 0 Å². The van der Waals surface area contributed by atoms with Gasteiger partial charge < -0.3 is 0 Å². The summed E-state index contributed by atoms with van der Waals surface area (Å²) in [6, 6.07) is 0. The molecule has 0 N–H and O–H groups in total. The van der Waals surface area contributed by atoms with Crippen LogP contribution in [0.25, 0.3) is 0 Å². The average molecular weight is 172 g/mol. The number of rotatable bonds is 0. The Hall–Kier alpha value is -0.700. The molecule has 0 atom stereocenters. The zero-order valence-electron chi connectivity index (χ0n) is 10.4. The highest BCUT2D eigenvalue weighted by Gasteiger charge is 1.26. The molecule has 0 unspecified atom stereocenters. The van der Waals surface area contributed by atoms with Crippen molar-refractivity contribution in [1.29, 1.82) is 0 Å². The molecule has 76 valence electrons. The lowest BCUT2D eigenvalue weighted by atomic mass is 10.7. The Morgan fingerprint density at radius 3 is 0.667 bits per heavy atom. The molecule has 0 saturated heterocycles. The molecule has 0 aromatic heterocycles. The van der Waals surface area contributed by atoms with Crippen molar-refractivity contribution in [2.45, 2.75) is 55.4 Å². The van der Waals surface area contributed by atoms with Gasteiger partial charge in [0.1, 0.15) is 0 Å². The third-order valence-corrected chi connectivity index (χ3v) is 0.250. The minimum atomic E-state index is 1.82. The molecule has 0 heterocycles. The van der Waals surface area contributed by atoms with Crippen molar-refractivity contribution in [2.24, 2.45) is 0 Å². The molecule has 0 aliphatic heterocycles. The lowest BCUT2D eigenvalue weighted by Gasteiger charge is -1.40. The standard InChI is InChI=1S/C4H6.3C2H6.C2H4/c1-3-4-2;4*1-2/h1-2H3;3*1-2H3;1-2H2. The van der Waals surface area contributed by atoms with Gasteiger partial charge >= 0.3 is 0 Å². The van der Waals surface area contributed by atoms with Crippen molar-refractivity contribution in [3.05, 3.63) is 13.2 Å². The van der Waals surface area contributed by atoms with Gasteiger partial charge in [0.05, 0.1) is 0 Å². The van der Waals surface area contributed by atoms with Crippen LogP contribution in [0.3, 0.4) is 0 Å². The number of hydrogen-bond acceptors (Lipinski definition) is 0. The highest BCUT2D eigenvalue weighted by atomic mass is 13.3. The van der Waals surface area contributed by atoms with Crippen molar-refractivity contribution < 1.29 is 0 Å². The van der Waals surface area contributed by atoms with E-state index in [1.54, 1.807) is 0 Å². The van der Waals surface area contributed by atoms with Gasteiger partial charge in [0, 0.05) is 0 Å². The van der Waals surface area contributed by atoms with E-state index in [4.69, 9.17) is 0 Å². The lowest BCUT2D eigenvalue weighted by Crippen LogP contribution is -1.28. The van der Waals surface area contributed by atoms with Crippen molar-refractivity contribution in [3.8, 4) is 11.8 Å². The Bertz CT molecular complexity index is 46.2. The Balaban J connectivity index is -0.0000000181. The zero-order chi connectivity index (χ0) is 11.4. The minimum Gasteiger partial charge on any atom is -0.107 e. The van der Waals surface area contributed by atoms with Crippen LogP contribution in [0, 0.1) is 11.8 Å². The first kappa shape index (κ1) is 30.2. The molecule has 0 aliphatic rings. The second kappa shape index (κ2) is 527. The summed E-state index contributed by atoms with van der Waals surface area (Å²) in [5.74, 6) is 5.36. The molecular weight excluding hydrogens is 144 g/mol. The average Bonchev–Trinajstić information content (AvgIpc) is 2.29. The molecule has 12 heavy (non-hydrogen) atoms. The van der Waals surface area contributed by atoms with Crippen LogP contribution < -0.4 is 0 Å². The molecule has 0 spiro atoms. The predicted octanol–water partition coefficient (Wildman–Crippen LogP) is 4.91. The van der Waals surface area contributed by atoms with E-state index in [9.17, 15) is 0 Å². The van der Waals surface area contributed by atoms with E-state index in [2.05, 4.69) is 25.0 Å². The van der Waals surface area contributed by atoms with Gasteiger partial charge in [-0.1, -0.05) is 41.5 Å². The molecule has 0 bridgehead atoms. The van der Waals surface area contributed by atoms with Gasteiger partial charge in [-0.05, 0) is 13.8 Å². The second-order valence-electron chi connectivity index (χ2n) is 0.500. The summed E-state index contributed by atoms with van der Waals surface area (Å²) in [5.41, 5.74) is 0. The first-order valence-electron chi connectivity index (χ1n) is 4.75. The SMILES string of the molecule is C=C.CC.CC.CC.CC#CC. The van der Waals surface area contributed by atoms with Gasteiger partial charge in [0.2, 0.25) is 0 Å². The van der Waals surface area contributed by atoms with Gasteiger partial charge in [-0.2, -0.15) is 0 Å². The topological polar surface area (TPSA) is 0 Å². The highest BCUT2D eigenvalue weighted by Crippen LogP contribution is 1.39. The van der Waals surface area contributed by atoms with Crippen LogP contribution in [-0.4, -0.2) is 0 Å². The fourth-order valence-corrected chi connectivity index (χ4v) is 0. The van der Waals surface area contributed by atoms with E-state index in [1.165, 1.54) is 0 Å². The highest BCUT2D eigenvalue weighted by molar-refractivity contribution is 4.89. The van der Waals surface area contributed by atoms with Gasteiger partial charge in [-0.25, -0.2) is 0 Å². The summed E-state index contributed by atoms with van der Waals surface area (Å²) >= 11 is 0. The van der Waals surface area contributed by atoms with Crippen molar-refractivity contribution in [2.75, 3.05) is 0 Å². The minimum absolute atomic E-state index is 1.82. The fraction of sp³-hybridized carbons (Fsp3) is 0.667. The summed E-state index contributed by atoms with van der Waals surface area (Å²) in [6.45, 7) is 21.6. The van der Waals surface area contributed by atoms with E-state index in [-0.39, 0.29) is 0 Å². The van der Waals surface area contributed by atoms with Gasteiger partial charge in [-0.3, -0.25) is 0 Å². The van der Waals surface area contributed by atoms with E-state index in [1.807, 2.05) is 55.4 Å². The maximum atomic E-state index is 3.00. The third kappa shape index (κ3) is 7120. The molecule has 0 saturated carbocycles. The Morgan fingerprint density at radius 2 is 0.667 bits per heavy atom. The number of hydrogen-bond donors (Lipinski definition) is 0. The summed E-state index contributed by atoms with van der Waals surface area (Å²) < 4.78 is 0. The molecule has 0 radical (unpaired) electrons. The van der Waals surface area contributed by atoms with E-state index < -0.39 is 0 Å². The quantitative estimate of drug-likeness (QED) is 0.360. The monoisotopic (exact) mass is 172 g/mol. The Morgan fingerprint density at radius 1 is 0.583 bits per heavy atom. The molecular formula is C12H28. The fourth-order valence-electron chi connectivity index (χ4n) is 0. The van der Waals surface area contributed by atoms with Crippen LogP contribution in [0.4, 0.5) is 0 Å². The summed E-state index contributed by atoms with van der Waals surface area (Å²) in [4.78, 5) is 0. The van der Waals surface area contributed by atoms with Crippen LogP contribution in [0.5, 0.6) is 0 Å². The van der Waals surface area contributed by atoms with Crippen molar-refractivity contribution in [1.82, 2.24) is 0 Å². The van der Waals surface area contributed by atoms with E-state index in [0.717, 1.165) is 0 Å². The Labute approximate surface area is 81.1 Å². The van der Waals surface area contributed by atoms with Gasteiger partial charge in [0.25, 0.3) is 0 Å². The van der Waals surface area contributed by atoms with Crippen LogP contribution >= 0.6 is 0 Å². The van der Waals surface area contributed by atoms with E-state index >= 15 is 0 Å². The molecule has 0 heteroatoms. The maximum absolute atomic E-state index is 3.00. The molecule has 0 rings (SSSR count). The summed E-state index contributed by atoms with van der Waals surface area (Å²) in [5, 5.41) is 0. The lowest BCUT2D eigenvalue weighted by molar-refractivity contribution is 1.50. The maximum Gasteiger partial charge on any atom is -0.00271 e. The Kier molecular flexibility index (Phi) is 1330. The second-order valence-corrected chi connectivity index (χ2v) is 0.500. The first-order chi connectivity index (χ1) is 5.91.